The number of carbonyl (C=O) groups excluding carboxylic acids is 2. The Morgan fingerprint density at radius 1 is 1.36 bits per heavy atom. The Kier molecular flexibility index (Phi) is 4.78. The van der Waals surface area contributed by atoms with Crippen LogP contribution < -0.4 is 10.2 Å². The molecule has 2 N–H and O–H groups in total. The van der Waals surface area contributed by atoms with Crippen LogP contribution in [0.2, 0.25) is 0 Å². The Hall–Kier alpha value is -2.39. The third-order valence-corrected chi connectivity index (χ3v) is 5.35. The zero-order chi connectivity index (χ0) is 18.0. The summed E-state index contributed by atoms with van der Waals surface area (Å²) in [4.78, 5) is 25.6. The number of nitriles is 1. The van der Waals surface area contributed by atoms with E-state index in [4.69, 9.17) is 4.74 Å². The van der Waals surface area contributed by atoms with Crippen LogP contribution in [-0.2, 0) is 27.3 Å². The largest absolute Gasteiger partial charge is 0.465 e. The predicted octanol–water partition coefficient (Wildman–Crippen LogP) is -0.0223. The van der Waals surface area contributed by atoms with E-state index in [0.29, 0.717) is 13.0 Å². The average molecular weight is 342 g/mol. The van der Waals surface area contributed by atoms with Gasteiger partial charge in [-0.15, -0.1) is 0 Å². The van der Waals surface area contributed by atoms with Crippen molar-refractivity contribution in [3.8, 4) is 6.07 Å². The highest BCUT2D eigenvalue weighted by molar-refractivity contribution is 5.79. The van der Waals surface area contributed by atoms with Crippen molar-refractivity contribution in [2.75, 3.05) is 13.7 Å². The van der Waals surface area contributed by atoms with Crippen LogP contribution in [0.5, 0.6) is 0 Å². The number of hydrogen-bond donors (Lipinski definition) is 2. The summed E-state index contributed by atoms with van der Waals surface area (Å²) < 4.78 is 4.94. The van der Waals surface area contributed by atoms with Crippen LogP contribution in [0.1, 0.15) is 30.9 Å². The lowest BCUT2D eigenvalue weighted by Gasteiger charge is -2.32. The first-order valence-corrected chi connectivity index (χ1v) is 8.68. The number of rotatable bonds is 5. The van der Waals surface area contributed by atoms with Crippen LogP contribution in [-0.4, -0.2) is 37.1 Å². The van der Waals surface area contributed by atoms with Crippen molar-refractivity contribution in [2.45, 2.75) is 44.3 Å². The first kappa shape index (κ1) is 17.4. The summed E-state index contributed by atoms with van der Waals surface area (Å²) in [5.74, 6) is -0.267. The number of quaternary nitrogens is 1. The maximum Gasteiger partial charge on any atom is 0.365 e. The Labute approximate surface area is 147 Å². The first-order chi connectivity index (χ1) is 12.0. The molecule has 132 valence electrons. The molecule has 1 aromatic carbocycles. The van der Waals surface area contributed by atoms with Crippen LogP contribution >= 0.6 is 0 Å². The topological polar surface area (TPSA) is 83.6 Å². The molecule has 0 saturated heterocycles. The fourth-order valence-corrected chi connectivity index (χ4v) is 3.66. The standard InChI is InChI=1S/C19H23N3O3/c1-19(12-20,15-7-8-15)21-17(23)11-22-10-14-6-4-3-5-13(14)9-16(22)18(24)25-2/h3-6,15-16H,7-11H2,1-2H3,(H,21,23)/p+1/t16-,19+/m1/s1. The van der Waals surface area contributed by atoms with Gasteiger partial charge in [0.05, 0.1) is 13.2 Å². The van der Waals surface area contributed by atoms with E-state index in [1.807, 2.05) is 24.3 Å². The molecular weight excluding hydrogens is 318 g/mol. The van der Waals surface area contributed by atoms with Gasteiger partial charge in [0, 0.05) is 12.0 Å². The molecule has 0 spiro atoms. The molecule has 1 fully saturated rings. The fraction of sp³-hybridized carbons (Fsp3) is 0.526. The van der Waals surface area contributed by atoms with Gasteiger partial charge in [-0.3, -0.25) is 4.79 Å². The highest BCUT2D eigenvalue weighted by atomic mass is 16.5. The fourth-order valence-electron chi connectivity index (χ4n) is 3.66. The van der Waals surface area contributed by atoms with Gasteiger partial charge >= 0.3 is 5.97 Å². The second-order valence-corrected chi connectivity index (χ2v) is 7.20. The number of esters is 1. The van der Waals surface area contributed by atoms with Gasteiger partial charge in [0.1, 0.15) is 12.1 Å². The van der Waals surface area contributed by atoms with Crippen molar-refractivity contribution >= 4 is 11.9 Å². The molecule has 2 aliphatic rings. The highest BCUT2D eigenvalue weighted by Crippen LogP contribution is 2.39. The number of amides is 1. The molecule has 25 heavy (non-hydrogen) atoms. The number of fused-ring (bicyclic) bond motifs is 1. The molecule has 0 radical (unpaired) electrons. The molecule has 1 saturated carbocycles. The molecule has 6 heteroatoms. The number of methoxy groups -OCH3 is 1. The number of hydrogen-bond acceptors (Lipinski definition) is 4. The van der Waals surface area contributed by atoms with Gasteiger partial charge in [-0.25, -0.2) is 4.79 Å². The van der Waals surface area contributed by atoms with E-state index in [0.717, 1.165) is 28.9 Å². The zero-order valence-corrected chi connectivity index (χ0v) is 14.7. The summed E-state index contributed by atoms with van der Waals surface area (Å²) in [6.07, 6.45) is 2.50. The Bertz CT molecular complexity index is 723. The second-order valence-electron chi connectivity index (χ2n) is 7.20. The van der Waals surface area contributed by atoms with E-state index in [-0.39, 0.29) is 24.3 Å². The molecule has 6 nitrogen and oxygen atoms in total. The lowest BCUT2D eigenvalue weighted by molar-refractivity contribution is -0.924. The van der Waals surface area contributed by atoms with Gasteiger partial charge in [0.2, 0.25) is 0 Å². The van der Waals surface area contributed by atoms with Crippen molar-refractivity contribution in [3.63, 3.8) is 0 Å². The van der Waals surface area contributed by atoms with Gasteiger partial charge in [0.25, 0.3) is 5.91 Å². The molecule has 1 amide bonds. The van der Waals surface area contributed by atoms with E-state index in [2.05, 4.69) is 11.4 Å². The lowest BCUT2D eigenvalue weighted by atomic mass is 9.93. The summed E-state index contributed by atoms with van der Waals surface area (Å²) in [7, 11) is 1.38. The van der Waals surface area contributed by atoms with Gasteiger partial charge in [-0.2, -0.15) is 5.26 Å². The number of carbonyl (C=O) groups is 2. The second kappa shape index (κ2) is 6.85. The molecule has 1 aromatic rings. The third-order valence-electron chi connectivity index (χ3n) is 5.35. The monoisotopic (exact) mass is 342 g/mol. The summed E-state index contributed by atoms with van der Waals surface area (Å²) in [6, 6.07) is 9.81. The number of nitrogens with zero attached hydrogens (tertiary/aromatic N) is 1. The zero-order valence-electron chi connectivity index (χ0n) is 14.7. The maximum absolute atomic E-state index is 12.6. The van der Waals surface area contributed by atoms with Gasteiger partial charge in [-0.1, -0.05) is 24.3 Å². The van der Waals surface area contributed by atoms with Crippen molar-refractivity contribution in [2.24, 2.45) is 5.92 Å². The number of benzene rings is 1. The minimum atomic E-state index is -0.815. The number of nitrogens with one attached hydrogen (secondary N) is 2. The average Bonchev–Trinajstić information content (AvgIpc) is 3.45. The molecule has 3 atom stereocenters. The van der Waals surface area contributed by atoms with Crippen LogP contribution in [0, 0.1) is 17.2 Å². The van der Waals surface area contributed by atoms with E-state index < -0.39 is 11.6 Å². The smallest absolute Gasteiger partial charge is 0.365 e. The molecule has 1 aliphatic heterocycles. The van der Waals surface area contributed by atoms with E-state index in [9.17, 15) is 14.9 Å². The van der Waals surface area contributed by atoms with Crippen LogP contribution in [0.15, 0.2) is 24.3 Å². The highest BCUT2D eigenvalue weighted by Gasteiger charge is 2.44. The Balaban J connectivity index is 1.73. The third kappa shape index (κ3) is 3.67. The summed E-state index contributed by atoms with van der Waals surface area (Å²) in [6.45, 7) is 2.52. The minimum absolute atomic E-state index is 0.151. The van der Waals surface area contributed by atoms with Crippen LogP contribution in [0.3, 0.4) is 0 Å². The van der Waals surface area contributed by atoms with E-state index in [1.54, 1.807) is 6.92 Å². The normalized spacial score (nSPS) is 24.4. The van der Waals surface area contributed by atoms with Crippen LogP contribution in [0.25, 0.3) is 0 Å². The molecule has 0 aromatic heterocycles. The minimum Gasteiger partial charge on any atom is -0.465 e. The van der Waals surface area contributed by atoms with Crippen molar-refractivity contribution in [3.05, 3.63) is 35.4 Å². The van der Waals surface area contributed by atoms with Gasteiger partial charge in [-0.05, 0) is 31.2 Å². The van der Waals surface area contributed by atoms with Gasteiger partial charge in [0.15, 0.2) is 12.6 Å². The molecular formula is C19H24N3O3+. The van der Waals surface area contributed by atoms with Crippen molar-refractivity contribution in [1.82, 2.24) is 5.32 Å². The maximum atomic E-state index is 12.6. The Morgan fingerprint density at radius 3 is 2.64 bits per heavy atom. The quantitative estimate of drug-likeness (QED) is 0.737. The predicted molar refractivity (Wildman–Crippen MR) is 90.4 cm³/mol. The molecule has 1 heterocycles. The SMILES string of the molecule is COC(=O)[C@H]1Cc2ccccc2C[NH+]1CC(=O)N[C@@](C)(C#N)C1CC1. The van der Waals surface area contributed by atoms with E-state index in [1.165, 1.54) is 7.11 Å². The van der Waals surface area contributed by atoms with E-state index >= 15 is 0 Å². The molecule has 3 rings (SSSR count). The van der Waals surface area contributed by atoms with Crippen LogP contribution in [0.4, 0.5) is 0 Å². The summed E-state index contributed by atoms with van der Waals surface area (Å²) in [5, 5.41) is 12.3. The lowest BCUT2D eigenvalue weighted by Crippen LogP contribution is -3.17. The Morgan fingerprint density at radius 2 is 2.04 bits per heavy atom. The number of ether oxygens (including phenoxy) is 1. The summed E-state index contributed by atoms with van der Waals surface area (Å²) >= 11 is 0. The molecule has 0 bridgehead atoms. The molecule has 1 unspecified atom stereocenters. The first-order valence-electron chi connectivity index (χ1n) is 8.68. The van der Waals surface area contributed by atoms with Crippen molar-refractivity contribution < 1.29 is 19.2 Å². The summed E-state index contributed by atoms with van der Waals surface area (Å²) in [5.41, 5.74) is 1.46. The molecule has 1 aliphatic carbocycles. The van der Waals surface area contributed by atoms with Crippen molar-refractivity contribution in [1.29, 1.82) is 5.26 Å². The van der Waals surface area contributed by atoms with Gasteiger partial charge < -0.3 is 15.0 Å².